The summed E-state index contributed by atoms with van der Waals surface area (Å²) in [7, 11) is 0. The van der Waals surface area contributed by atoms with Crippen molar-refractivity contribution in [1.82, 2.24) is 19.9 Å². The second kappa shape index (κ2) is 4.99. The molecule has 0 saturated heterocycles. The van der Waals surface area contributed by atoms with E-state index >= 15 is 0 Å². The Balaban J connectivity index is 2.67. The molecular weight excluding hydrogens is 355 g/mol. The normalized spacial score (nSPS) is 11.6. The molecule has 2 heterocycles. The lowest BCUT2D eigenvalue weighted by molar-refractivity contribution is 0.562. The third kappa shape index (κ3) is 2.99. The van der Waals surface area contributed by atoms with Crippen LogP contribution >= 0.6 is 22.6 Å². The summed E-state index contributed by atoms with van der Waals surface area (Å²) in [6.45, 7) is 7.91. The van der Waals surface area contributed by atoms with E-state index in [1.807, 2.05) is 43.4 Å². The van der Waals surface area contributed by atoms with Crippen LogP contribution in [0.25, 0.3) is 11.5 Å². The van der Waals surface area contributed by atoms with Crippen LogP contribution in [0.3, 0.4) is 0 Å². The smallest absolute Gasteiger partial charge is 0.264 e. The van der Waals surface area contributed by atoms with Crippen molar-refractivity contribution in [2.24, 2.45) is 0 Å². The van der Waals surface area contributed by atoms with Gasteiger partial charge >= 0.3 is 0 Å². The standard InChI is InChI=1S/C13H15IN4O/c1-7-15-6-5-8(16-7)11-17-10(13(2,3)4)9(14)12(19)18-11/h5-6H,1-4H3,(H,17,18,19). The number of nitrogens with zero attached hydrogens (tertiary/aromatic N) is 3. The lowest BCUT2D eigenvalue weighted by atomic mass is 9.92. The molecule has 19 heavy (non-hydrogen) atoms. The van der Waals surface area contributed by atoms with Gasteiger partial charge in [0.05, 0.1) is 5.69 Å². The molecule has 0 aliphatic heterocycles. The lowest BCUT2D eigenvalue weighted by Gasteiger charge is -2.19. The van der Waals surface area contributed by atoms with Crippen LogP contribution in [0.1, 0.15) is 32.3 Å². The van der Waals surface area contributed by atoms with Crippen molar-refractivity contribution in [3.8, 4) is 11.5 Å². The van der Waals surface area contributed by atoms with Gasteiger partial charge in [-0.05, 0) is 35.6 Å². The second-order valence-electron chi connectivity index (χ2n) is 5.32. The average molecular weight is 370 g/mol. The Bertz CT molecular complexity index is 673. The van der Waals surface area contributed by atoms with Crippen LogP contribution in [-0.4, -0.2) is 19.9 Å². The van der Waals surface area contributed by atoms with Crippen molar-refractivity contribution < 1.29 is 0 Å². The third-order valence-corrected chi connectivity index (χ3v) is 3.59. The van der Waals surface area contributed by atoms with Gasteiger partial charge in [-0.3, -0.25) is 4.79 Å². The Labute approximate surface area is 125 Å². The minimum Gasteiger partial charge on any atom is -0.304 e. The molecule has 1 N–H and O–H groups in total. The maximum atomic E-state index is 12.0. The van der Waals surface area contributed by atoms with Gasteiger partial charge in [-0.2, -0.15) is 0 Å². The highest BCUT2D eigenvalue weighted by molar-refractivity contribution is 14.1. The van der Waals surface area contributed by atoms with Crippen molar-refractivity contribution in [2.75, 3.05) is 0 Å². The monoisotopic (exact) mass is 370 g/mol. The number of hydrogen-bond donors (Lipinski definition) is 1. The van der Waals surface area contributed by atoms with Crippen molar-refractivity contribution in [3.05, 3.63) is 37.7 Å². The fourth-order valence-electron chi connectivity index (χ4n) is 1.67. The van der Waals surface area contributed by atoms with Gasteiger partial charge in [0.1, 0.15) is 15.1 Å². The Kier molecular flexibility index (Phi) is 3.71. The molecule has 2 aromatic heterocycles. The summed E-state index contributed by atoms with van der Waals surface area (Å²) in [5.74, 6) is 1.14. The minimum atomic E-state index is -0.193. The first-order chi connectivity index (χ1) is 8.79. The van der Waals surface area contributed by atoms with Crippen LogP contribution in [0.15, 0.2) is 17.1 Å². The van der Waals surface area contributed by atoms with Crippen LogP contribution in [0.2, 0.25) is 0 Å². The molecule has 0 atom stereocenters. The van der Waals surface area contributed by atoms with Crippen LogP contribution in [-0.2, 0) is 5.41 Å². The number of aromatic amines is 1. The first kappa shape index (κ1) is 14.1. The molecule has 0 saturated carbocycles. The van der Waals surface area contributed by atoms with E-state index in [4.69, 9.17) is 0 Å². The quantitative estimate of drug-likeness (QED) is 0.783. The van der Waals surface area contributed by atoms with E-state index in [0.717, 1.165) is 5.69 Å². The van der Waals surface area contributed by atoms with Crippen molar-refractivity contribution in [3.63, 3.8) is 0 Å². The third-order valence-electron chi connectivity index (χ3n) is 2.59. The molecule has 0 amide bonds. The van der Waals surface area contributed by atoms with Crippen LogP contribution in [0.5, 0.6) is 0 Å². The summed E-state index contributed by atoms with van der Waals surface area (Å²) in [5, 5.41) is 0. The van der Waals surface area contributed by atoms with Crippen LogP contribution in [0.4, 0.5) is 0 Å². The highest BCUT2D eigenvalue weighted by Gasteiger charge is 2.22. The molecule has 0 unspecified atom stereocenters. The fraction of sp³-hybridized carbons (Fsp3) is 0.385. The molecule has 0 fully saturated rings. The van der Waals surface area contributed by atoms with E-state index in [1.54, 1.807) is 19.2 Å². The molecule has 2 rings (SSSR count). The predicted molar refractivity (Wildman–Crippen MR) is 82.0 cm³/mol. The summed E-state index contributed by atoms with van der Waals surface area (Å²) in [5.41, 5.74) is 1.09. The molecule has 0 aliphatic rings. The Morgan fingerprint density at radius 1 is 1.26 bits per heavy atom. The number of halogens is 1. The zero-order chi connectivity index (χ0) is 14.2. The van der Waals surface area contributed by atoms with Gasteiger partial charge in [-0.1, -0.05) is 20.8 Å². The summed E-state index contributed by atoms with van der Waals surface area (Å²) in [6.07, 6.45) is 1.66. The Morgan fingerprint density at radius 3 is 2.53 bits per heavy atom. The molecule has 2 aromatic rings. The highest BCUT2D eigenvalue weighted by atomic mass is 127. The first-order valence-electron chi connectivity index (χ1n) is 5.89. The Hall–Kier alpha value is -1.31. The zero-order valence-electron chi connectivity index (χ0n) is 11.3. The largest absolute Gasteiger partial charge is 0.304 e. The molecule has 0 bridgehead atoms. The van der Waals surface area contributed by atoms with Crippen molar-refractivity contribution in [1.29, 1.82) is 0 Å². The SMILES string of the molecule is Cc1nccc(-c2nc(C(C)(C)C)c(I)c(=O)[nH]2)n1. The van der Waals surface area contributed by atoms with Crippen molar-refractivity contribution >= 4 is 22.6 Å². The summed E-state index contributed by atoms with van der Waals surface area (Å²) < 4.78 is 0.625. The van der Waals surface area contributed by atoms with Gasteiger partial charge in [0.25, 0.3) is 5.56 Å². The number of nitrogens with one attached hydrogen (secondary N) is 1. The van der Waals surface area contributed by atoms with Gasteiger partial charge in [0.2, 0.25) is 0 Å². The number of aryl methyl sites for hydroxylation is 1. The average Bonchev–Trinajstić information content (AvgIpc) is 2.31. The molecule has 6 heteroatoms. The van der Waals surface area contributed by atoms with Crippen molar-refractivity contribution in [2.45, 2.75) is 33.1 Å². The molecule has 0 aliphatic carbocycles. The molecule has 5 nitrogen and oxygen atoms in total. The zero-order valence-corrected chi connectivity index (χ0v) is 13.4. The summed E-state index contributed by atoms with van der Waals surface area (Å²) >= 11 is 2.03. The van der Waals surface area contributed by atoms with E-state index in [2.05, 4.69) is 19.9 Å². The first-order valence-corrected chi connectivity index (χ1v) is 6.97. The minimum absolute atomic E-state index is 0.133. The number of aromatic nitrogens is 4. The molecule has 0 spiro atoms. The Morgan fingerprint density at radius 2 is 1.95 bits per heavy atom. The maximum Gasteiger partial charge on any atom is 0.264 e. The van der Waals surface area contributed by atoms with E-state index in [-0.39, 0.29) is 11.0 Å². The molecular formula is C13H15IN4O. The van der Waals surface area contributed by atoms with Gasteiger partial charge < -0.3 is 4.98 Å². The molecule has 100 valence electrons. The fourth-order valence-corrected chi connectivity index (χ4v) is 2.73. The van der Waals surface area contributed by atoms with E-state index < -0.39 is 0 Å². The predicted octanol–water partition coefficient (Wildman–Crippen LogP) is 2.44. The van der Waals surface area contributed by atoms with Gasteiger partial charge in [-0.25, -0.2) is 15.0 Å². The number of hydrogen-bond acceptors (Lipinski definition) is 4. The topological polar surface area (TPSA) is 71.5 Å². The van der Waals surface area contributed by atoms with Gasteiger partial charge in [0.15, 0.2) is 5.82 Å². The van der Waals surface area contributed by atoms with E-state index in [1.165, 1.54) is 0 Å². The van der Waals surface area contributed by atoms with Crippen LogP contribution in [0, 0.1) is 10.5 Å². The van der Waals surface area contributed by atoms with Crippen LogP contribution < -0.4 is 5.56 Å². The highest BCUT2D eigenvalue weighted by Crippen LogP contribution is 2.24. The van der Waals surface area contributed by atoms with E-state index in [0.29, 0.717) is 20.9 Å². The molecule has 0 radical (unpaired) electrons. The maximum absolute atomic E-state index is 12.0. The summed E-state index contributed by atoms with van der Waals surface area (Å²) in [4.78, 5) is 27.7. The number of rotatable bonds is 1. The van der Waals surface area contributed by atoms with E-state index in [9.17, 15) is 4.79 Å². The second-order valence-corrected chi connectivity index (χ2v) is 6.39. The van der Waals surface area contributed by atoms with Gasteiger partial charge in [-0.15, -0.1) is 0 Å². The number of H-pyrrole nitrogens is 1. The lowest BCUT2D eigenvalue weighted by Crippen LogP contribution is -2.24. The van der Waals surface area contributed by atoms with Gasteiger partial charge in [0, 0.05) is 11.6 Å². The summed E-state index contributed by atoms with van der Waals surface area (Å²) in [6, 6.07) is 1.74. The molecule has 0 aromatic carbocycles.